The summed E-state index contributed by atoms with van der Waals surface area (Å²) in [7, 11) is -2.05. The van der Waals surface area contributed by atoms with E-state index >= 15 is 0 Å². The molecule has 124 valence electrons. The third-order valence-corrected chi connectivity index (χ3v) is 5.69. The molecule has 6 heteroatoms. The van der Waals surface area contributed by atoms with Crippen molar-refractivity contribution >= 4 is 27.5 Å². The highest BCUT2D eigenvalue weighted by atomic mass is 32.2. The van der Waals surface area contributed by atoms with E-state index in [1.54, 1.807) is 43.1 Å². The van der Waals surface area contributed by atoms with Gasteiger partial charge in [-0.1, -0.05) is 26.0 Å². The van der Waals surface area contributed by atoms with Crippen molar-refractivity contribution in [1.82, 2.24) is 0 Å². The third-order valence-electron chi connectivity index (χ3n) is 3.37. The third kappa shape index (κ3) is 4.20. The van der Waals surface area contributed by atoms with Crippen LogP contribution in [0, 0.1) is 0 Å². The monoisotopic (exact) mass is 351 g/mol. The number of ether oxygens (including phenoxy) is 1. The molecule has 0 atom stereocenters. The van der Waals surface area contributed by atoms with Crippen LogP contribution in [0.25, 0.3) is 0 Å². The summed E-state index contributed by atoms with van der Waals surface area (Å²) >= 11 is 1.60. The first-order valence-electron chi connectivity index (χ1n) is 7.43. The molecule has 0 aliphatic rings. The first kappa shape index (κ1) is 17.7. The summed E-state index contributed by atoms with van der Waals surface area (Å²) in [6.07, 6.45) is 0.703. The quantitative estimate of drug-likeness (QED) is 0.761. The predicted octanol–water partition coefficient (Wildman–Crippen LogP) is 4.17. The van der Waals surface area contributed by atoms with Crippen molar-refractivity contribution in [3.63, 3.8) is 0 Å². The van der Waals surface area contributed by atoms with E-state index in [1.807, 2.05) is 32.0 Å². The molecule has 0 fully saturated rings. The molecule has 0 saturated heterocycles. The lowest BCUT2D eigenvalue weighted by molar-refractivity contribution is 0.409. The van der Waals surface area contributed by atoms with E-state index in [4.69, 9.17) is 4.74 Å². The van der Waals surface area contributed by atoms with Crippen molar-refractivity contribution in [2.45, 2.75) is 30.1 Å². The number of thioether (sulfide) groups is 1. The fourth-order valence-corrected chi connectivity index (χ4v) is 4.19. The van der Waals surface area contributed by atoms with Crippen LogP contribution in [0.4, 0.5) is 5.69 Å². The highest BCUT2D eigenvalue weighted by molar-refractivity contribution is 7.99. The minimum absolute atomic E-state index is 0.242. The zero-order chi connectivity index (χ0) is 16.9. The van der Waals surface area contributed by atoms with Crippen LogP contribution in [-0.2, 0) is 16.4 Å². The van der Waals surface area contributed by atoms with Gasteiger partial charge in [0.15, 0.2) is 0 Å². The van der Waals surface area contributed by atoms with E-state index in [-0.39, 0.29) is 4.90 Å². The van der Waals surface area contributed by atoms with Crippen molar-refractivity contribution in [3.05, 3.63) is 48.0 Å². The molecule has 0 heterocycles. The van der Waals surface area contributed by atoms with E-state index in [1.165, 1.54) is 0 Å². The van der Waals surface area contributed by atoms with Crippen LogP contribution >= 0.6 is 11.8 Å². The largest absolute Gasteiger partial charge is 0.496 e. The Hall–Kier alpha value is -1.66. The summed E-state index contributed by atoms with van der Waals surface area (Å²) in [5, 5.41) is 0. The normalized spacial score (nSPS) is 11.3. The average molecular weight is 351 g/mol. The molecule has 0 saturated carbocycles. The van der Waals surface area contributed by atoms with Gasteiger partial charge in [0.25, 0.3) is 10.0 Å². The van der Waals surface area contributed by atoms with E-state index in [0.29, 0.717) is 17.9 Å². The molecule has 23 heavy (non-hydrogen) atoms. The molecule has 2 aromatic rings. The number of hydrogen-bond donors (Lipinski definition) is 1. The molecule has 0 spiro atoms. The Morgan fingerprint density at radius 1 is 1.13 bits per heavy atom. The summed E-state index contributed by atoms with van der Waals surface area (Å²) in [4.78, 5) is 1.16. The van der Waals surface area contributed by atoms with Crippen LogP contribution in [0.3, 0.4) is 0 Å². The van der Waals surface area contributed by atoms with Gasteiger partial charge in [0.05, 0.1) is 17.7 Å². The molecule has 0 radical (unpaired) electrons. The number of nitrogens with one attached hydrogen (secondary N) is 1. The maximum atomic E-state index is 12.7. The smallest absolute Gasteiger partial charge is 0.261 e. The van der Waals surface area contributed by atoms with Gasteiger partial charge in [0, 0.05) is 4.90 Å². The molecule has 4 nitrogen and oxygen atoms in total. The van der Waals surface area contributed by atoms with E-state index in [0.717, 1.165) is 16.2 Å². The Balaban J connectivity index is 2.36. The minimum Gasteiger partial charge on any atom is -0.496 e. The molecule has 0 unspecified atom stereocenters. The molecule has 0 aliphatic carbocycles. The lowest BCUT2D eigenvalue weighted by Crippen LogP contribution is -2.14. The second kappa shape index (κ2) is 7.75. The molecular weight excluding hydrogens is 330 g/mol. The number of sulfonamides is 1. The Kier molecular flexibility index (Phi) is 5.96. The number of para-hydroxylation sites is 1. The number of hydrogen-bond acceptors (Lipinski definition) is 4. The highest BCUT2D eigenvalue weighted by Gasteiger charge is 2.17. The van der Waals surface area contributed by atoms with E-state index < -0.39 is 10.0 Å². The minimum atomic E-state index is -3.63. The Bertz CT molecular complexity index is 773. The Morgan fingerprint density at radius 2 is 1.87 bits per heavy atom. The summed E-state index contributed by atoms with van der Waals surface area (Å²) in [5.74, 6) is 1.58. The van der Waals surface area contributed by atoms with Crippen molar-refractivity contribution in [2.75, 3.05) is 17.6 Å². The number of benzene rings is 2. The van der Waals surface area contributed by atoms with Gasteiger partial charge in [-0.15, -0.1) is 11.8 Å². The van der Waals surface area contributed by atoms with Gasteiger partial charge in [0.2, 0.25) is 0 Å². The van der Waals surface area contributed by atoms with E-state index in [2.05, 4.69) is 4.72 Å². The van der Waals surface area contributed by atoms with Crippen molar-refractivity contribution in [1.29, 1.82) is 0 Å². The lowest BCUT2D eigenvalue weighted by atomic mass is 10.1. The molecule has 0 aromatic heterocycles. The number of methoxy groups -OCH3 is 1. The molecule has 0 bridgehead atoms. The average Bonchev–Trinajstić information content (AvgIpc) is 2.56. The van der Waals surface area contributed by atoms with Crippen LogP contribution in [-0.4, -0.2) is 21.3 Å². The van der Waals surface area contributed by atoms with Gasteiger partial charge in [-0.05, 0) is 48.1 Å². The van der Waals surface area contributed by atoms with Gasteiger partial charge in [-0.3, -0.25) is 4.72 Å². The zero-order valence-corrected chi connectivity index (χ0v) is 15.1. The number of anilines is 1. The Morgan fingerprint density at radius 3 is 2.52 bits per heavy atom. The highest BCUT2D eigenvalue weighted by Crippen LogP contribution is 2.29. The topological polar surface area (TPSA) is 55.4 Å². The van der Waals surface area contributed by atoms with Crippen molar-refractivity contribution in [2.24, 2.45) is 0 Å². The van der Waals surface area contributed by atoms with Gasteiger partial charge >= 0.3 is 0 Å². The lowest BCUT2D eigenvalue weighted by Gasteiger charge is -2.13. The summed E-state index contributed by atoms with van der Waals surface area (Å²) in [6, 6.07) is 12.3. The van der Waals surface area contributed by atoms with Crippen LogP contribution < -0.4 is 9.46 Å². The van der Waals surface area contributed by atoms with Crippen LogP contribution in [0.5, 0.6) is 5.75 Å². The van der Waals surface area contributed by atoms with Gasteiger partial charge in [-0.25, -0.2) is 8.42 Å². The molecule has 0 aliphatic heterocycles. The van der Waals surface area contributed by atoms with Gasteiger partial charge in [-0.2, -0.15) is 0 Å². The number of rotatable bonds is 7. The van der Waals surface area contributed by atoms with Crippen molar-refractivity contribution < 1.29 is 13.2 Å². The fourth-order valence-electron chi connectivity index (χ4n) is 2.23. The molecular formula is C17H21NO3S2. The molecule has 1 N–H and O–H groups in total. The number of aryl methyl sites for hydroxylation is 1. The molecule has 2 aromatic carbocycles. The van der Waals surface area contributed by atoms with Crippen LogP contribution in [0.2, 0.25) is 0 Å². The van der Waals surface area contributed by atoms with Crippen LogP contribution in [0.1, 0.15) is 19.4 Å². The fraction of sp³-hybridized carbons (Fsp3) is 0.294. The first-order valence-corrected chi connectivity index (χ1v) is 9.90. The maximum Gasteiger partial charge on any atom is 0.261 e. The van der Waals surface area contributed by atoms with Gasteiger partial charge in [0.1, 0.15) is 5.75 Å². The van der Waals surface area contributed by atoms with E-state index in [9.17, 15) is 8.42 Å². The zero-order valence-electron chi connectivity index (χ0n) is 13.5. The van der Waals surface area contributed by atoms with Crippen molar-refractivity contribution in [3.8, 4) is 5.75 Å². The molecule has 0 amide bonds. The second-order valence-electron chi connectivity index (χ2n) is 4.86. The molecule has 2 rings (SSSR count). The summed E-state index contributed by atoms with van der Waals surface area (Å²) in [5.41, 5.74) is 1.47. The Labute approximate surface area is 142 Å². The summed E-state index contributed by atoms with van der Waals surface area (Å²) in [6.45, 7) is 4.00. The first-order chi connectivity index (χ1) is 11.0. The second-order valence-corrected chi connectivity index (χ2v) is 7.85. The SMILES string of the molecule is CCSc1ccccc1NS(=O)(=O)c1ccc(OC)c(CC)c1. The standard InChI is InChI=1S/C17H21NO3S2/c1-4-13-12-14(10-11-16(13)21-3)23(19,20)18-15-8-6-7-9-17(15)22-5-2/h6-12,18H,4-5H2,1-3H3. The van der Waals surface area contributed by atoms with Crippen LogP contribution in [0.15, 0.2) is 52.3 Å². The van der Waals surface area contributed by atoms with Gasteiger partial charge < -0.3 is 4.74 Å². The maximum absolute atomic E-state index is 12.7. The summed E-state index contributed by atoms with van der Waals surface area (Å²) < 4.78 is 33.3. The predicted molar refractivity (Wildman–Crippen MR) is 96.0 cm³/mol.